The number of nitrogens with one attached hydrogen (secondary N) is 1. The molecule has 0 bridgehead atoms. The molecule has 0 saturated carbocycles. The smallest absolute Gasteiger partial charge is 0.327 e. The fourth-order valence-corrected chi connectivity index (χ4v) is 3.33. The third kappa shape index (κ3) is 5.14. The topological polar surface area (TPSA) is 113 Å². The summed E-state index contributed by atoms with van der Waals surface area (Å²) in [6.45, 7) is 1.11. The average Bonchev–Trinajstić information content (AvgIpc) is 2.30. The number of halogens is 1. The molecule has 0 aliphatic heterocycles. The van der Waals surface area contributed by atoms with Gasteiger partial charge in [0, 0.05) is 19.3 Å². The van der Waals surface area contributed by atoms with Gasteiger partial charge in [-0.25, -0.2) is 13.2 Å². The lowest BCUT2D eigenvalue weighted by Gasteiger charge is -2.13. The van der Waals surface area contributed by atoms with Crippen LogP contribution in [0.4, 0.5) is 0 Å². The van der Waals surface area contributed by atoms with Crippen molar-refractivity contribution in [1.82, 2.24) is 10.3 Å². The first kappa shape index (κ1) is 16.4. The van der Waals surface area contributed by atoms with Crippen molar-refractivity contribution in [3.8, 4) is 0 Å². The second kappa shape index (κ2) is 6.67. The molecule has 1 amide bonds. The molecule has 1 rings (SSSR count). The van der Waals surface area contributed by atoms with Gasteiger partial charge in [-0.15, -0.1) is 0 Å². The Labute approximate surface area is 120 Å². The SMILES string of the molecule is CC(=O)N[C@@H](CS(=O)(=O)Cc1ccncc1Cl)C(=O)O. The van der Waals surface area contributed by atoms with Crippen LogP contribution < -0.4 is 5.32 Å². The molecule has 1 heterocycles. The van der Waals surface area contributed by atoms with E-state index in [1.165, 1.54) is 18.5 Å². The molecule has 0 aromatic carbocycles. The maximum Gasteiger partial charge on any atom is 0.327 e. The first-order valence-corrected chi connectivity index (χ1v) is 7.70. The fourth-order valence-electron chi connectivity index (χ4n) is 1.49. The highest BCUT2D eigenvalue weighted by Gasteiger charge is 2.26. The maximum absolute atomic E-state index is 12.0. The third-order valence-corrected chi connectivity index (χ3v) is 4.26. The van der Waals surface area contributed by atoms with E-state index < -0.39 is 39.3 Å². The number of rotatable bonds is 6. The first-order valence-electron chi connectivity index (χ1n) is 5.50. The number of carbonyl (C=O) groups is 2. The van der Waals surface area contributed by atoms with E-state index in [-0.39, 0.29) is 5.02 Å². The van der Waals surface area contributed by atoms with Gasteiger partial charge in [-0.2, -0.15) is 0 Å². The van der Waals surface area contributed by atoms with Gasteiger partial charge in [0.05, 0.1) is 16.5 Å². The minimum atomic E-state index is -3.75. The highest BCUT2D eigenvalue weighted by atomic mass is 35.5. The van der Waals surface area contributed by atoms with Gasteiger partial charge in [-0.05, 0) is 11.6 Å². The van der Waals surface area contributed by atoms with Crippen molar-refractivity contribution >= 4 is 33.3 Å². The zero-order valence-corrected chi connectivity index (χ0v) is 12.1. The van der Waals surface area contributed by atoms with Gasteiger partial charge in [-0.3, -0.25) is 9.78 Å². The molecule has 7 nitrogen and oxygen atoms in total. The molecule has 2 N–H and O–H groups in total. The van der Waals surface area contributed by atoms with Gasteiger partial charge in [0.1, 0.15) is 6.04 Å². The van der Waals surface area contributed by atoms with Crippen LogP contribution in [0.3, 0.4) is 0 Å². The molecule has 20 heavy (non-hydrogen) atoms. The molecule has 0 aliphatic carbocycles. The maximum atomic E-state index is 12.0. The molecule has 0 fully saturated rings. The van der Waals surface area contributed by atoms with Gasteiger partial charge < -0.3 is 10.4 Å². The summed E-state index contributed by atoms with van der Waals surface area (Å²) in [6.07, 6.45) is 2.69. The Bertz CT molecular complexity index is 617. The number of amides is 1. The molecule has 110 valence electrons. The normalized spacial score (nSPS) is 12.7. The van der Waals surface area contributed by atoms with Crippen LogP contribution in [0.5, 0.6) is 0 Å². The van der Waals surface area contributed by atoms with Crippen LogP contribution in [0.2, 0.25) is 5.02 Å². The number of carboxylic acid groups (broad SMARTS) is 1. The summed E-state index contributed by atoms with van der Waals surface area (Å²) in [5.74, 6) is -3.16. The molecule has 9 heteroatoms. The van der Waals surface area contributed by atoms with Crippen LogP contribution in [0, 0.1) is 0 Å². The van der Waals surface area contributed by atoms with E-state index in [0.29, 0.717) is 5.56 Å². The van der Waals surface area contributed by atoms with Gasteiger partial charge in [0.2, 0.25) is 5.91 Å². The Hall–Kier alpha value is -1.67. The Morgan fingerprint density at radius 2 is 2.15 bits per heavy atom. The van der Waals surface area contributed by atoms with Crippen LogP contribution in [0.25, 0.3) is 0 Å². The molecule has 0 radical (unpaired) electrons. The number of hydrogen-bond acceptors (Lipinski definition) is 5. The number of carbonyl (C=O) groups excluding carboxylic acids is 1. The molecule has 0 spiro atoms. The van der Waals surface area contributed by atoms with E-state index in [1.54, 1.807) is 0 Å². The number of nitrogens with zero attached hydrogens (tertiary/aromatic N) is 1. The van der Waals surface area contributed by atoms with Crippen molar-refractivity contribution in [3.05, 3.63) is 29.0 Å². The summed E-state index contributed by atoms with van der Waals surface area (Å²) in [4.78, 5) is 25.5. The number of aromatic nitrogens is 1. The van der Waals surface area contributed by atoms with Crippen LogP contribution in [0.1, 0.15) is 12.5 Å². The Balaban J connectivity index is 2.86. The lowest BCUT2D eigenvalue weighted by molar-refractivity contribution is -0.140. The van der Waals surface area contributed by atoms with E-state index in [4.69, 9.17) is 16.7 Å². The molecule has 1 aromatic heterocycles. The summed E-state index contributed by atoms with van der Waals surface area (Å²) >= 11 is 5.80. The lowest BCUT2D eigenvalue weighted by Crippen LogP contribution is -2.44. The van der Waals surface area contributed by atoms with Crippen molar-refractivity contribution in [1.29, 1.82) is 0 Å². The predicted molar refractivity (Wildman–Crippen MR) is 72.0 cm³/mol. The third-order valence-electron chi connectivity index (χ3n) is 2.33. The van der Waals surface area contributed by atoms with E-state index >= 15 is 0 Å². The van der Waals surface area contributed by atoms with Gasteiger partial charge in [0.15, 0.2) is 9.84 Å². The summed E-state index contributed by atoms with van der Waals surface area (Å²) < 4.78 is 23.9. The van der Waals surface area contributed by atoms with Crippen molar-refractivity contribution < 1.29 is 23.1 Å². The standard InChI is InChI=1S/C11H13ClN2O5S/c1-7(15)14-10(11(16)17)6-20(18,19)5-8-2-3-13-4-9(8)12/h2-4,10H,5-6H2,1H3,(H,14,15)(H,16,17)/t10-/m0/s1. The zero-order valence-electron chi connectivity index (χ0n) is 10.5. The van der Waals surface area contributed by atoms with Crippen LogP contribution in [-0.2, 0) is 25.2 Å². The summed E-state index contributed by atoms with van der Waals surface area (Å²) in [5.41, 5.74) is 0.327. The second-order valence-corrected chi connectivity index (χ2v) is 6.63. The summed E-state index contributed by atoms with van der Waals surface area (Å²) in [7, 11) is -3.75. The first-order chi connectivity index (χ1) is 9.21. The number of carboxylic acids is 1. The van der Waals surface area contributed by atoms with Gasteiger partial charge in [0.25, 0.3) is 0 Å². The number of hydrogen-bond donors (Lipinski definition) is 2. The molecule has 0 saturated heterocycles. The quantitative estimate of drug-likeness (QED) is 0.776. The summed E-state index contributed by atoms with van der Waals surface area (Å²) in [5, 5.41) is 11.1. The van der Waals surface area contributed by atoms with Crippen molar-refractivity contribution in [2.75, 3.05) is 5.75 Å². The van der Waals surface area contributed by atoms with Crippen LogP contribution >= 0.6 is 11.6 Å². The fraction of sp³-hybridized carbons (Fsp3) is 0.364. The molecule has 1 aromatic rings. The van der Waals surface area contributed by atoms with E-state index in [0.717, 1.165) is 6.92 Å². The number of sulfone groups is 1. The minimum Gasteiger partial charge on any atom is -0.480 e. The molecule has 1 atom stereocenters. The molecule has 0 unspecified atom stereocenters. The zero-order chi connectivity index (χ0) is 15.3. The van der Waals surface area contributed by atoms with Crippen LogP contribution in [-0.4, -0.2) is 42.2 Å². The molecular weight excluding hydrogens is 308 g/mol. The largest absolute Gasteiger partial charge is 0.480 e. The lowest BCUT2D eigenvalue weighted by atomic mass is 10.3. The van der Waals surface area contributed by atoms with Crippen molar-refractivity contribution in [2.45, 2.75) is 18.7 Å². The predicted octanol–water partition coefficient (Wildman–Crippen LogP) is 0.239. The minimum absolute atomic E-state index is 0.183. The second-order valence-electron chi connectivity index (χ2n) is 4.11. The van der Waals surface area contributed by atoms with Crippen molar-refractivity contribution in [2.24, 2.45) is 0 Å². The Kier molecular flexibility index (Phi) is 5.46. The van der Waals surface area contributed by atoms with E-state index in [9.17, 15) is 18.0 Å². The van der Waals surface area contributed by atoms with E-state index in [2.05, 4.69) is 10.3 Å². The van der Waals surface area contributed by atoms with Crippen LogP contribution in [0.15, 0.2) is 18.5 Å². The van der Waals surface area contributed by atoms with E-state index in [1.807, 2.05) is 0 Å². The van der Waals surface area contributed by atoms with Crippen molar-refractivity contribution in [3.63, 3.8) is 0 Å². The monoisotopic (exact) mass is 320 g/mol. The molecular formula is C11H13ClN2O5S. The van der Waals surface area contributed by atoms with Gasteiger partial charge >= 0.3 is 5.97 Å². The summed E-state index contributed by atoms with van der Waals surface area (Å²) in [6, 6.07) is -0.0493. The number of pyridine rings is 1. The van der Waals surface area contributed by atoms with Gasteiger partial charge in [-0.1, -0.05) is 11.6 Å². The highest BCUT2D eigenvalue weighted by molar-refractivity contribution is 7.90. The Morgan fingerprint density at radius 3 is 2.65 bits per heavy atom. The Morgan fingerprint density at radius 1 is 1.50 bits per heavy atom. The molecule has 0 aliphatic rings. The highest BCUT2D eigenvalue weighted by Crippen LogP contribution is 2.17. The average molecular weight is 321 g/mol. The number of aliphatic carboxylic acids is 1.